The number of aromatic nitrogens is 3. The van der Waals surface area contributed by atoms with Gasteiger partial charge >= 0.3 is 5.97 Å². The van der Waals surface area contributed by atoms with Gasteiger partial charge in [0.2, 0.25) is 0 Å². The Balaban J connectivity index is 2.15. The topological polar surface area (TPSA) is 85.1 Å². The van der Waals surface area contributed by atoms with Crippen LogP contribution < -0.4 is 5.56 Å². The molecule has 0 saturated carbocycles. The maximum atomic E-state index is 12.5. The summed E-state index contributed by atoms with van der Waals surface area (Å²) in [5.41, 5.74) is 0.274. The molecule has 0 aliphatic carbocycles. The minimum Gasteiger partial charge on any atom is -0.476 e. The lowest BCUT2D eigenvalue weighted by molar-refractivity contribution is 0.0690. The summed E-state index contributed by atoms with van der Waals surface area (Å²) in [6, 6.07) is 6.60. The van der Waals surface area contributed by atoms with Gasteiger partial charge in [-0.2, -0.15) is 5.10 Å². The summed E-state index contributed by atoms with van der Waals surface area (Å²) < 4.78 is 1.17. The largest absolute Gasteiger partial charge is 0.476 e. The van der Waals surface area contributed by atoms with Crippen LogP contribution in [0.5, 0.6) is 0 Å². The molecule has 0 amide bonds. The number of thiazole rings is 1. The Morgan fingerprint density at radius 2 is 2.05 bits per heavy atom. The molecule has 0 spiro atoms. The summed E-state index contributed by atoms with van der Waals surface area (Å²) in [4.78, 5) is 28.2. The van der Waals surface area contributed by atoms with Crippen LogP contribution in [0, 0.1) is 0 Å². The molecule has 0 bridgehead atoms. The highest BCUT2D eigenvalue weighted by Gasteiger charge is 2.16. The SMILES string of the molecule is CCc1nc(Cn2nc(C(=O)O)c3ccccc3c2=O)cs1. The van der Waals surface area contributed by atoms with Crippen molar-refractivity contribution in [1.82, 2.24) is 14.8 Å². The molecule has 1 aromatic carbocycles. The van der Waals surface area contributed by atoms with E-state index in [9.17, 15) is 14.7 Å². The highest BCUT2D eigenvalue weighted by atomic mass is 32.1. The lowest BCUT2D eigenvalue weighted by Crippen LogP contribution is -2.26. The minimum atomic E-state index is -1.16. The molecule has 0 unspecified atom stereocenters. The Bertz CT molecular complexity index is 914. The monoisotopic (exact) mass is 315 g/mol. The predicted molar refractivity (Wildman–Crippen MR) is 83.6 cm³/mol. The van der Waals surface area contributed by atoms with Gasteiger partial charge in [-0.05, 0) is 12.5 Å². The van der Waals surface area contributed by atoms with E-state index in [2.05, 4.69) is 10.1 Å². The molecule has 0 saturated heterocycles. The second-order valence-electron chi connectivity index (χ2n) is 4.75. The fraction of sp³-hybridized carbons (Fsp3) is 0.200. The first-order valence-electron chi connectivity index (χ1n) is 6.76. The van der Waals surface area contributed by atoms with Crippen LogP contribution >= 0.6 is 11.3 Å². The molecule has 0 atom stereocenters. The van der Waals surface area contributed by atoms with Crippen molar-refractivity contribution in [3.8, 4) is 0 Å². The van der Waals surface area contributed by atoms with E-state index < -0.39 is 5.97 Å². The van der Waals surface area contributed by atoms with Gasteiger partial charge in [0, 0.05) is 10.8 Å². The number of rotatable bonds is 4. The van der Waals surface area contributed by atoms with Crippen LogP contribution in [0.4, 0.5) is 0 Å². The molecule has 1 N–H and O–H groups in total. The maximum absolute atomic E-state index is 12.5. The zero-order valence-electron chi connectivity index (χ0n) is 11.8. The molecule has 22 heavy (non-hydrogen) atoms. The number of hydrogen-bond donors (Lipinski definition) is 1. The van der Waals surface area contributed by atoms with Crippen LogP contribution in [0.2, 0.25) is 0 Å². The molecule has 3 aromatic rings. The molecule has 2 aromatic heterocycles. The number of aryl methyl sites for hydroxylation is 1. The number of carboxylic acids is 1. The Morgan fingerprint density at radius 1 is 1.32 bits per heavy atom. The quantitative estimate of drug-likeness (QED) is 0.797. The molecule has 0 fully saturated rings. The first kappa shape index (κ1) is 14.4. The van der Waals surface area contributed by atoms with Crippen LogP contribution in [-0.2, 0) is 13.0 Å². The zero-order valence-corrected chi connectivity index (χ0v) is 12.6. The number of nitrogens with zero attached hydrogens (tertiary/aromatic N) is 3. The van der Waals surface area contributed by atoms with Gasteiger partial charge in [-0.15, -0.1) is 11.3 Å². The van der Waals surface area contributed by atoms with Crippen LogP contribution in [0.1, 0.15) is 28.1 Å². The van der Waals surface area contributed by atoms with Crippen LogP contribution in [0.25, 0.3) is 10.8 Å². The van der Waals surface area contributed by atoms with Crippen molar-refractivity contribution >= 4 is 28.1 Å². The molecule has 2 heterocycles. The van der Waals surface area contributed by atoms with Crippen LogP contribution in [0.15, 0.2) is 34.4 Å². The van der Waals surface area contributed by atoms with Gasteiger partial charge in [0.1, 0.15) is 0 Å². The van der Waals surface area contributed by atoms with E-state index in [0.717, 1.165) is 11.4 Å². The van der Waals surface area contributed by atoms with E-state index >= 15 is 0 Å². The molecule has 3 rings (SSSR count). The Labute approximate surface area is 129 Å². The summed E-state index contributed by atoms with van der Waals surface area (Å²) in [6.07, 6.45) is 0.824. The van der Waals surface area contributed by atoms with Gasteiger partial charge in [0.05, 0.1) is 22.6 Å². The number of benzene rings is 1. The molecule has 0 aliphatic heterocycles. The van der Waals surface area contributed by atoms with Gasteiger partial charge in [0.25, 0.3) is 5.56 Å². The van der Waals surface area contributed by atoms with Crippen LogP contribution in [0.3, 0.4) is 0 Å². The molecule has 7 heteroatoms. The fourth-order valence-electron chi connectivity index (χ4n) is 2.24. The number of aromatic carboxylic acids is 1. The van der Waals surface area contributed by atoms with Crippen molar-refractivity contribution in [3.63, 3.8) is 0 Å². The lowest BCUT2D eigenvalue weighted by atomic mass is 10.1. The third-order valence-electron chi connectivity index (χ3n) is 3.28. The van der Waals surface area contributed by atoms with Crippen LogP contribution in [-0.4, -0.2) is 25.8 Å². The average Bonchev–Trinajstić information content (AvgIpc) is 2.97. The van der Waals surface area contributed by atoms with Crippen molar-refractivity contribution in [1.29, 1.82) is 0 Å². The standard InChI is InChI=1S/C15H13N3O3S/c1-2-12-16-9(8-22-12)7-18-14(19)11-6-4-3-5-10(11)13(17-18)15(20)21/h3-6,8H,2,7H2,1H3,(H,20,21). The van der Waals surface area contributed by atoms with Gasteiger partial charge in [-0.1, -0.05) is 25.1 Å². The van der Waals surface area contributed by atoms with Gasteiger partial charge < -0.3 is 5.11 Å². The predicted octanol–water partition coefficient (Wildman–Crippen LogP) is 2.16. The lowest BCUT2D eigenvalue weighted by Gasteiger charge is -2.07. The summed E-state index contributed by atoms with van der Waals surface area (Å²) in [5, 5.41) is 16.9. The van der Waals surface area contributed by atoms with Gasteiger partial charge in [-0.3, -0.25) is 4.79 Å². The molecule has 0 radical (unpaired) electrons. The first-order valence-corrected chi connectivity index (χ1v) is 7.64. The molecule has 0 aliphatic rings. The van der Waals surface area contributed by atoms with E-state index in [1.165, 1.54) is 16.0 Å². The molecular formula is C15H13N3O3S. The highest BCUT2D eigenvalue weighted by Crippen LogP contribution is 2.15. The summed E-state index contributed by atoms with van der Waals surface area (Å²) >= 11 is 1.52. The second-order valence-corrected chi connectivity index (χ2v) is 5.69. The molecule has 6 nitrogen and oxygen atoms in total. The van der Waals surface area contributed by atoms with E-state index in [-0.39, 0.29) is 17.8 Å². The van der Waals surface area contributed by atoms with Crippen molar-refractivity contribution in [3.05, 3.63) is 56.4 Å². The molecule has 112 valence electrons. The van der Waals surface area contributed by atoms with E-state index in [1.54, 1.807) is 24.3 Å². The Hall–Kier alpha value is -2.54. The minimum absolute atomic E-state index is 0.124. The third kappa shape index (κ3) is 2.50. The maximum Gasteiger partial charge on any atom is 0.357 e. The van der Waals surface area contributed by atoms with E-state index in [1.807, 2.05) is 12.3 Å². The summed E-state index contributed by atoms with van der Waals surface area (Å²) in [7, 11) is 0. The zero-order chi connectivity index (χ0) is 15.7. The van der Waals surface area contributed by atoms with Gasteiger partial charge in [0.15, 0.2) is 5.69 Å². The van der Waals surface area contributed by atoms with Crippen molar-refractivity contribution in [2.24, 2.45) is 0 Å². The fourth-order valence-corrected chi connectivity index (χ4v) is 2.97. The Morgan fingerprint density at radius 3 is 2.68 bits per heavy atom. The first-order chi connectivity index (χ1) is 10.6. The smallest absolute Gasteiger partial charge is 0.357 e. The van der Waals surface area contributed by atoms with E-state index in [4.69, 9.17) is 0 Å². The third-order valence-corrected chi connectivity index (χ3v) is 4.33. The summed E-state index contributed by atoms with van der Waals surface area (Å²) in [6.45, 7) is 2.17. The second kappa shape index (κ2) is 5.69. The number of hydrogen-bond acceptors (Lipinski definition) is 5. The number of fused-ring (bicyclic) bond motifs is 1. The highest BCUT2D eigenvalue weighted by molar-refractivity contribution is 7.09. The Kier molecular flexibility index (Phi) is 3.72. The van der Waals surface area contributed by atoms with Crippen molar-refractivity contribution in [2.45, 2.75) is 19.9 Å². The average molecular weight is 315 g/mol. The normalized spacial score (nSPS) is 11.0. The van der Waals surface area contributed by atoms with Gasteiger partial charge in [-0.25, -0.2) is 14.5 Å². The number of carboxylic acid groups (broad SMARTS) is 1. The molecular weight excluding hydrogens is 302 g/mol. The number of carbonyl (C=O) groups is 1. The summed E-state index contributed by atoms with van der Waals surface area (Å²) in [5.74, 6) is -1.16. The van der Waals surface area contributed by atoms with Crippen molar-refractivity contribution < 1.29 is 9.90 Å². The van der Waals surface area contributed by atoms with E-state index in [0.29, 0.717) is 16.5 Å². The van der Waals surface area contributed by atoms with Crippen molar-refractivity contribution in [2.75, 3.05) is 0 Å².